The molecule has 2 atom stereocenters. The maximum atomic E-state index is 15.5. The van der Waals surface area contributed by atoms with Gasteiger partial charge in [-0.05, 0) is 148 Å². The first-order valence-corrected chi connectivity index (χ1v) is 20.5. The predicted octanol–water partition coefficient (Wildman–Crippen LogP) is 14.3. The molecule has 1 aliphatic carbocycles. The Morgan fingerprint density at radius 1 is 0.328 bits per heavy atom. The van der Waals surface area contributed by atoms with E-state index in [4.69, 9.17) is 16.3 Å². The number of rotatable bonds is 9. The van der Waals surface area contributed by atoms with Crippen LogP contribution in [0, 0.1) is 46.5 Å². The van der Waals surface area contributed by atoms with E-state index in [-0.39, 0.29) is 50.3 Å². The minimum Gasteiger partial charge on any atom is -0.476 e. The second-order valence-corrected chi connectivity index (χ2v) is 15.9. The highest BCUT2D eigenvalue weighted by Gasteiger charge is 2.75. The van der Waals surface area contributed by atoms with Crippen LogP contribution in [0.1, 0.15) is 38.9 Å². The van der Waals surface area contributed by atoms with Gasteiger partial charge in [0, 0.05) is 11.1 Å². The number of halogens is 9. The van der Waals surface area contributed by atoms with Gasteiger partial charge >= 0.3 is 0 Å². The maximum Gasteiger partial charge on any atom is 0.175 e. The molecule has 0 radical (unpaired) electrons. The minimum atomic E-state index is -2.27. The van der Waals surface area contributed by atoms with Crippen molar-refractivity contribution in [2.75, 3.05) is 0 Å². The molecule has 64 heavy (non-hydrogen) atoms. The zero-order valence-electron chi connectivity index (χ0n) is 33.4. The van der Waals surface area contributed by atoms with Gasteiger partial charge < -0.3 is 4.74 Å². The van der Waals surface area contributed by atoms with E-state index < -0.39 is 68.3 Å². The Hall–Kier alpha value is -6.97. The number of benzene rings is 8. The van der Waals surface area contributed by atoms with Crippen LogP contribution in [0.5, 0.6) is 5.75 Å². The van der Waals surface area contributed by atoms with Crippen LogP contribution in [0.2, 0.25) is 0 Å². The van der Waals surface area contributed by atoms with Gasteiger partial charge in [-0.2, -0.15) is 0 Å². The van der Waals surface area contributed by atoms with Crippen molar-refractivity contribution >= 4 is 22.7 Å². The summed E-state index contributed by atoms with van der Waals surface area (Å²) in [5.41, 5.74) is -4.14. The van der Waals surface area contributed by atoms with Crippen molar-refractivity contribution in [3.05, 3.63) is 280 Å². The molecular formula is C54H33ClF8O. The molecule has 0 amide bonds. The third-order valence-electron chi connectivity index (χ3n) is 12.2. The summed E-state index contributed by atoms with van der Waals surface area (Å²) < 4.78 is 130. The highest BCUT2D eigenvalue weighted by molar-refractivity contribution is 6.31. The highest BCUT2D eigenvalue weighted by atomic mass is 35.5. The summed E-state index contributed by atoms with van der Waals surface area (Å²) >= 11 is 8.39. The molecule has 10 heteroatoms. The number of alkyl halides is 1. The summed E-state index contributed by atoms with van der Waals surface area (Å²) in [6.07, 6.45) is 0. The lowest BCUT2D eigenvalue weighted by Crippen LogP contribution is -2.71. The van der Waals surface area contributed by atoms with Gasteiger partial charge in [0.25, 0.3) is 0 Å². The van der Waals surface area contributed by atoms with E-state index in [1.165, 1.54) is 182 Å². The van der Waals surface area contributed by atoms with Crippen LogP contribution in [0.15, 0.2) is 194 Å². The van der Waals surface area contributed by atoms with Crippen LogP contribution in [0.25, 0.3) is 11.1 Å². The van der Waals surface area contributed by atoms with Crippen molar-refractivity contribution in [1.82, 2.24) is 0 Å². The molecule has 0 spiro atoms. The summed E-state index contributed by atoms with van der Waals surface area (Å²) in [6.45, 7) is 0. The van der Waals surface area contributed by atoms with Crippen LogP contribution in [0.4, 0.5) is 35.1 Å². The molecule has 8 aromatic carbocycles. The largest absolute Gasteiger partial charge is 0.476 e. The molecule has 1 aliphatic rings. The van der Waals surface area contributed by atoms with Crippen molar-refractivity contribution in [3.8, 4) is 5.75 Å². The summed E-state index contributed by atoms with van der Waals surface area (Å²) in [5, 5.41) is -1.45. The number of hydrogen-bond donors (Lipinski definition) is 0. The Kier molecular flexibility index (Phi) is 11.0. The molecule has 0 fully saturated rings. The van der Waals surface area contributed by atoms with Gasteiger partial charge in [-0.1, -0.05) is 84.9 Å². The molecule has 0 bridgehead atoms. The normalized spacial score (nSPS) is 17.9. The Morgan fingerprint density at radius 2 is 0.609 bits per heavy atom. The molecule has 9 rings (SSSR count). The zero-order valence-corrected chi connectivity index (χ0v) is 34.1. The van der Waals surface area contributed by atoms with Gasteiger partial charge in [-0.3, -0.25) is 0 Å². The van der Waals surface area contributed by atoms with Crippen LogP contribution in [0.3, 0.4) is 0 Å². The summed E-state index contributed by atoms with van der Waals surface area (Å²) in [5.74, 6) is -5.05. The van der Waals surface area contributed by atoms with E-state index in [0.29, 0.717) is 5.56 Å². The van der Waals surface area contributed by atoms with E-state index in [9.17, 15) is 4.39 Å². The SMILES string of the molecule is Fc1ccc(OC2(c3ccc(F)cc3)C(c3ccc(F)cc3)=C(c3ccc(F)cc3)C(Cl)C(c3ccc(F)cc3)(c3ccc(F)cc3)C2(c2ccc(F)cc2)c2ccc(F)cc2)cc1. The quantitative estimate of drug-likeness (QED) is 0.104. The fourth-order valence-electron chi connectivity index (χ4n) is 9.74. The average Bonchev–Trinajstić information content (AvgIpc) is 3.30. The Morgan fingerprint density at radius 3 is 0.969 bits per heavy atom. The minimum absolute atomic E-state index is 0.0255. The smallest absolute Gasteiger partial charge is 0.175 e. The van der Waals surface area contributed by atoms with E-state index in [0.717, 1.165) is 12.1 Å². The monoisotopic (exact) mass is 884 g/mol. The molecule has 1 nitrogen and oxygen atoms in total. The van der Waals surface area contributed by atoms with E-state index in [2.05, 4.69) is 0 Å². The van der Waals surface area contributed by atoms with E-state index >= 15 is 30.7 Å². The maximum absolute atomic E-state index is 15.5. The molecule has 8 aromatic rings. The Labute approximate surface area is 368 Å². The van der Waals surface area contributed by atoms with Gasteiger partial charge in [-0.25, -0.2) is 35.1 Å². The molecule has 2 unspecified atom stereocenters. The van der Waals surface area contributed by atoms with Gasteiger partial charge in [0.05, 0.1) is 16.2 Å². The molecule has 0 saturated heterocycles. The third kappa shape index (κ3) is 6.77. The first-order valence-electron chi connectivity index (χ1n) is 20.0. The van der Waals surface area contributed by atoms with Crippen LogP contribution in [-0.4, -0.2) is 5.38 Å². The first-order chi connectivity index (χ1) is 30.9. The van der Waals surface area contributed by atoms with Crippen molar-refractivity contribution in [1.29, 1.82) is 0 Å². The average molecular weight is 885 g/mol. The fraction of sp³-hybridized carbons (Fsp3) is 0.0741. The number of hydrogen-bond acceptors (Lipinski definition) is 1. The molecule has 0 saturated carbocycles. The Bertz CT molecular complexity index is 2860. The molecule has 0 N–H and O–H groups in total. The lowest BCUT2D eigenvalue weighted by Gasteiger charge is -2.66. The van der Waals surface area contributed by atoms with Gasteiger partial charge in [0.1, 0.15) is 52.3 Å². The van der Waals surface area contributed by atoms with Crippen molar-refractivity contribution in [2.45, 2.75) is 21.8 Å². The second kappa shape index (κ2) is 16.6. The van der Waals surface area contributed by atoms with E-state index in [1.807, 2.05) is 0 Å². The molecule has 0 aromatic heterocycles. The topological polar surface area (TPSA) is 9.23 Å². The lowest BCUT2D eigenvalue weighted by molar-refractivity contribution is 0.0141. The highest BCUT2D eigenvalue weighted by Crippen LogP contribution is 2.73. The summed E-state index contributed by atoms with van der Waals surface area (Å²) in [7, 11) is 0. The van der Waals surface area contributed by atoms with Crippen LogP contribution >= 0.6 is 11.6 Å². The molecule has 0 aliphatic heterocycles. The zero-order chi connectivity index (χ0) is 44.8. The van der Waals surface area contributed by atoms with Gasteiger partial charge in [-0.15, -0.1) is 11.6 Å². The Balaban J connectivity index is 1.69. The second-order valence-electron chi connectivity index (χ2n) is 15.5. The summed E-state index contributed by atoms with van der Waals surface area (Å²) in [6, 6.07) is 42.7. The lowest BCUT2D eigenvalue weighted by atomic mass is 9.38. The molecule has 318 valence electrons. The van der Waals surface area contributed by atoms with Gasteiger partial charge in [0.2, 0.25) is 0 Å². The molecular weight excluding hydrogens is 852 g/mol. The predicted molar refractivity (Wildman–Crippen MR) is 232 cm³/mol. The molecule has 0 heterocycles. The number of allylic oxidation sites excluding steroid dienone is 1. The van der Waals surface area contributed by atoms with Crippen LogP contribution in [-0.2, 0) is 16.4 Å². The van der Waals surface area contributed by atoms with Crippen molar-refractivity contribution in [2.24, 2.45) is 0 Å². The standard InChI is InChI=1S/C54H33ClF8O/c55-51-49(33-1-15-40(56)16-2-33)50(34-3-17-41(57)18-4-34)54(39-13-27-46(62)28-14-39,64-48-31-29-47(63)30-32-48)53(37-9-23-44(60)24-10-37,38-11-25-45(61)26-12-38)52(51,35-5-19-42(58)20-6-35)36-7-21-43(59)22-8-36/h1-32,51H. The summed E-state index contributed by atoms with van der Waals surface area (Å²) in [4.78, 5) is 0. The van der Waals surface area contributed by atoms with Crippen LogP contribution < -0.4 is 4.74 Å². The third-order valence-corrected chi connectivity index (χ3v) is 12.7. The van der Waals surface area contributed by atoms with E-state index in [1.54, 1.807) is 0 Å². The van der Waals surface area contributed by atoms with Gasteiger partial charge in [0.15, 0.2) is 5.60 Å². The van der Waals surface area contributed by atoms with Crippen molar-refractivity contribution < 1.29 is 39.9 Å². The van der Waals surface area contributed by atoms with Crippen molar-refractivity contribution in [3.63, 3.8) is 0 Å². The first kappa shape index (κ1) is 42.3. The number of ether oxygens (including phenoxy) is 1. The fourth-order valence-corrected chi connectivity index (χ4v) is 10.4.